The minimum atomic E-state index is 0.677. The van der Waals surface area contributed by atoms with E-state index >= 15 is 0 Å². The lowest BCUT2D eigenvalue weighted by atomic mass is 10.0. The van der Waals surface area contributed by atoms with Crippen molar-refractivity contribution in [3.63, 3.8) is 0 Å². The van der Waals surface area contributed by atoms with E-state index in [0.29, 0.717) is 12.0 Å². The molecule has 1 aliphatic rings. The number of nitrogens with zero attached hydrogens (tertiary/aromatic N) is 3. The monoisotopic (exact) mass is 290 g/mol. The maximum atomic E-state index is 4.73. The highest BCUT2D eigenvalue weighted by Gasteiger charge is 2.27. The highest BCUT2D eigenvalue weighted by molar-refractivity contribution is 7.16. The van der Waals surface area contributed by atoms with Gasteiger partial charge in [-0.3, -0.25) is 4.90 Å². The second-order valence-electron chi connectivity index (χ2n) is 5.80. The molecule has 1 saturated heterocycles. The van der Waals surface area contributed by atoms with Crippen LogP contribution in [-0.4, -0.2) is 34.5 Å². The Hall–Kier alpha value is -1.20. The number of rotatable bonds is 4. The molecule has 108 valence electrons. The summed E-state index contributed by atoms with van der Waals surface area (Å²) in [7, 11) is 1.93. The van der Waals surface area contributed by atoms with Crippen molar-refractivity contribution in [1.82, 2.24) is 14.9 Å². The van der Waals surface area contributed by atoms with Crippen LogP contribution in [0.15, 0.2) is 11.4 Å². The van der Waals surface area contributed by atoms with E-state index < -0.39 is 0 Å². The van der Waals surface area contributed by atoms with Gasteiger partial charge in [0, 0.05) is 13.1 Å². The Morgan fingerprint density at radius 2 is 2.30 bits per heavy atom. The molecule has 1 atom stereocenters. The molecular formula is C15H22N4S. The smallest absolute Gasteiger partial charge is 0.146 e. The molecule has 0 amide bonds. The van der Waals surface area contributed by atoms with Gasteiger partial charge in [-0.05, 0) is 36.8 Å². The van der Waals surface area contributed by atoms with Gasteiger partial charge in [-0.15, -0.1) is 11.3 Å². The third-order valence-electron chi connectivity index (χ3n) is 4.14. The van der Waals surface area contributed by atoms with Crippen LogP contribution in [-0.2, 0) is 6.54 Å². The van der Waals surface area contributed by atoms with Crippen LogP contribution < -0.4 is 5.32 Å². The molecule has 2 aromatic rings. The van der Waals surface area contributed by atoms with Gasteiger partial charge in [-0.2, -0.15) is 0 Å². The molecule has 3 rings (SSSR count). The molecule has 3 heterocycles. The minimum Gasteiger partial charge on any atom is -0.372 e. The summed E-state index contributed by atoms with van der Waals surface area (Å²) in [5.74, 6) is 2.59. The third kappa shape index (κ3) is 2.52. The summed E-state index contributed by atoms with van der Waals surface area (Å²) in [6.07, 6.45) is 2.60. The van der Waals surface area contributed by atoms with Gasteiger partial charge >= 0.3 is 0 Å². The molecule has 0 saturated carbocycles. The summed E-state index contributed by atoms with van der Waals surface area (Å²) in [5, 5.41) is 6.40. The normalized spacial score (nSPS) is 20.1. The van der Waals surface area contributed by atoms with Crippen molar-refractivity contribution >= 4 is 27.4 Å². The van der Waals surface area contributed by atoms with Gasteiger partial charge in [0.25, 0.3) is 0 Å². The zero-order valence-corrected chi connectivity index (χ0v) is 13.2. The Labute approximate surface area is 124 Å². The molecule has 1 aliphatic heterocycles. The maximum absolute atomic E-state index is 4.73. The lowest BCUT2D eigenvalue weighted by molar-refractivity contribution is 0.194. The van der Waals surface area contributed by atoms with Crippen LogP contribution in [0.4, 0.5) is 5.82 Å². The van der Waals surface area contributed by atoms with Crippen LogP contribution >= 0.6 is 11.3 Å². The molecule has 20 heavy (non-hydrogen) atoms. The van der Waals surface area contributed by atoms with Crippen molar-refractivity contribution in [3.05, 3.63) is 17.3 Å². The molecule has 1 unspecified atom stereocenters. The molecule has 0 bridgehead atoms. The predicted octanol–water partition coefficient (Wildman–Crippen LogP) is 3.35. The molecule has 0 aliphatic carbocycles. The van der Waals surface area contributed by atoms with Gasteiger partial charge in [0.15, 0.2) is 0 Å². The van der Waals surface area contributed by atoms with Crippen LogP contribution in [0.1, 0.15) is 32.5 Å². The number of aromatic nitrogens is 2. The zero-order valence-electron chi connectivity index (χ0n) is 12.4. The first-order valence-electron chi connectivity index (χ1n) is 7.35. The van der Waals surface area contributed by atoms with Gasteiger partial charge in [-0.25, -0.2) is 9.97 Å². The van der Waals surface area contributed by atoms with Crippen molar-refractivity contribution in [2.24, 2.45) is 5.92 Å². The molecule has 0 spiro atoms. The minimum absolute atomic E-state index is 0.677. The van der Waals surface area contributed by atoms with E-state index in [0.717, 1.165) is 28.4 Å². The molecule has 4 nitrogen and oxygen atoms in total. The van der Waals surface area contributed by atoms with Gasteiger partial charge in [0.1, 0.15) is 16.5 Å². The number of fused-ring (bicyclic) bond motifs is 1. The fourth-order valence-electron chi connectivity index (χ4n) is 3.15. The largest absolute Gasteiger partial charge is 0.372 e. The lowest BCUT2D eigenvalue weighted by Crippen LogP contribution is -2.33. The molecule has 1 fully saturated rings. The maximum Gasteiger partial charge on any atom is 0.146 e. The number of hydrogen-bond donors (Lipinski definition) is 1. The van der Waals surface area contributed by atoms with E-state index in [2.05, 4.69) is 35.5 Å². The Bertz CT molecular complexity index is 593. The first-order valence-corrected chi connectivity index (χ1v) is 8.23. The van der Waals surface area contributed by atoms with Crippen LogP contribution in [0.25, 0.3) is 10.2 Å². The number of nitrogens with one attached hydrogen (secondary N) is 1. The fraction of sp³-hybridized carbons (Fsp3) is 0.600. The summed E-state index contributed by atoms with van der Waals surface area (Å²) in [6.45, 7) is 6.66. The van der Waals surface area contributed by atoms with Crippen molar-refractivity contribution in [1.29, 1.82) is 0 Å². The van der Waals surface area contributed by atoms with Crippen LogP contribution in [0.2, 0.25) is 0 Å². The van der Waals surface area contributed by atoms with Crippen molar-refractivity contribution in [2.75, 3.05) is 18.9 Å². The molecule has 2 aromatic heterocycles. The topological polar surface area (TPSA) is 41.1 Å². The highest BCUT2D eigenvalue weighted by atomic mass is 32.1. The number of hydrogen-bond acceptors (Lipinski definition) is 5. The average molecular weight is 290 g/mol. The summed E-state index contributed by atoms with van der Waals surface area (Å²) in [4.78, 5) is 13.0. The van der Waals surface area contributed by atoms with Crippen molar-refractivity contribution in [3.8, 4) is 0 Å². The number of likely N-dealkylation sites (tertiary alicyclic amines) is 1. The first kappa shape index (κ1) is 13.8. The molecular weight excluding hydrogens is 268 g/mol. The molecule has 0 aromatic carbocycles. The van der Waals surface area contributed by atoms with Crippen LogP contribution in [0.3, 0.4) is 0 Å². The number of thiophene rings is 1. The van der Waals surface area contributed by atoms with E-state index in [1.807, 2.05) is 7.05 Å². The zero-order chi connectivity index (χ0) is 14.1. The Kier molecular flexibility index (Phi) is 3.89. The molecule has 1 N–H and O–H groups in total. The third-order valence-corrected chi connectivity index (χ3v) is 4.94. The first-order chi connectivity index (χ1) is 9.69. The summed E-state index contributed by atoms with van der Waals surface area (Å²) in [6, 6.07) is 2.76. The molecule has 5 heteroatoms. The summed E-state index contributed by atoms with van der Waals surface area (Å²) in [5.41, 5.74) is 0. The van der Waals surface area contributed by atoms with E-state index in [1.165, 1.54) is 19.4 Å². The Morgan fingerprint density at radius 1 is 1.45 bits per heavy atom. The van der Waals surface area contributed by atoms with Gasteiger partial charge in [0.05, 0.1) is 11.9 Å². The van der Waals surface area contributed by atoms with Gasteiger partial charge in [0.2, 0.25) is 0 Å². The second-order valence-corrected chi connectivity index (χ2v) is 6.70. The Balaban J connectivity index is 1.87. The SMILES string of the molecule is CNc1nc(CN2CCCC2C(C)C)nc2sccc12. The van der Waals surface area contributed by atoms with Crippen LogP contribution in [0, 0.1) is 5.92 Å². The van der Waals surface area contributed by atoms with Crippen LogP contribution in [0.5, 0.6) is 0 Å². The van der Waals surface area contributed by atoms with E-state index in [9.17, 15) is 0 Å². The summed E-state index contributed by atoms with van der Waals surface area (Å²) < 4.78 is 0. The number of anilines is 1. The predicted molar refractivity (Wildman–Crippen MR) is 85.2 cm³/mol. The van der Waals surface area contributed by atoms with E-state index in [1.54, 1.807) is 11.3 Å². The fourth-order valence-corrected chi connectivity index (χ4v) is 3.93. The quantitative estimate of drug-likeness (QED) is 0.937. The highest BCUT2D eigenvalue weighted by Crippen LogP contribution is 2.28. The van der Waals surface area contributed by atoms with Gasteiger partial charge < -0.3 is 5.32 Å². The second kappa shape index (κ2) is 5.66. The lowest BCUT2D eigenvalue weighted by Gasteiger charge is -2.26. The van der Waals surface area contributed by atoms with E-state index in [4.69, 9.17) is 9.97 Å². The standard InChI is InChI=1S/C15H22N4S/c1-10(2)12-5-4-7-19(12)9-13-17-14(16-3)11-6-8-20-15(11)18-13/h6,8,10,12H,4-5,7,9H2,1-3H3,(H,16,17,18). The molecule has 0 radical (unpaired) electrons. The van der Waals surface area contributed by atoms with E-state index in [-0.39, 0.29) is 0 Å². The summed E-state index contributed by atoms with van der Waals surface area (Å²) >= 11 is 1.69. The van der Waals surface area contributed by atoms with Crippen molar-refractivity contribution in [2.45, 2.75) is 39.3 Å². The Morgan fingerprint density at radius 3 is 3.05 bits per heavy atom. The average Bonchev–Trinajstić information content (AvgIpc) is 3.06. The van der Waals surface area contributed by atoms with Crippen molar-refractivity contribution < 1.29 is 0 Å². The van der Waals surface area contributed by atoms with Gasteiger partial charge in [-0.1, -0.05) is 13.8 Å².